The van der Waals surface area contributed by atoms with Gasteiger partial charge >= 0.3 is 6.18 Å². The summed E-state index contributed by atoms with van der Waals surface area (Å²) in [7, 11) is -3.55. The van der Waals surface area contributed by atoms with Crippen LogP contribution in [-0.2, 0) is 21.1 Å². The van der Waals surface area contributed by atoms with Gasteiger partial charge in [0.15, 0.2) is 0 Å². The van der Waals surface area contributed by atoms with Crippen LogP contribution in [-0.4, -0.2) is 30.6 Å². The molecule has 164 valence electrons. The average Bonchev–Trinajstić information content (AvgIpc) is 2.67. The van der Waals surface area contributed by atoms with E-state index in [-0.39, 0.29) is 17.4 Å². The van der Waals surface area contributed by atoms with Gasteiger partial charge < -0.3 is 10.5 Å². The first kappa shape index (κ1) is 22.3. The standard InChI is InChI=1S/C19H15F3N2O6S/c1-30-15-5-3-2-4-11(15)17(18(23)26)24-14-7-6-10(31(27,28)29)8-12(14)13(9-16(24)25)19(20,21)22/h2-9,17H,1H3,(H2,23,26)(H,27,28,29). The van der Waals surface area contributed by atoms with Crippen molar-refractivity contribution in [3.05, 3.63) is 70.0 Å². The lowest BCUT2D eigenvalue weighted by Gasteiger charge is -2.23. The molecule has 0 bridgehead atoms. The topological polar surface area (TPSA) is 129 Å². The van der Waals surface area contributed by atoms with Crippen LogP contribution in [0.5, 0.6) is 5.75 Å². The molecule has 1 heterocycles. The molecule has 3 rings (SSSR count). The van der Waals surface area contributed by atoms with Gasteiger partial charge in [0.1, 0.15) is 11.8 Å². The molecule has 12 heteroatoms. The summed E-state index contributed by atoms with van der Waals surface area (Å²) < 4.78 is 78.8. The highest BCUT2D eigenvalue weighted by atomic mass is 32.2. The van der Waals surface area contributed by atoms with E-state index >= 15 is 0 Å². The fourth-order valence-electron chi connectivity index (χ4n) is 3.30. The lowest BCUT2D eigenvalue weighted by atomic mass is 10.0. The molecule has 0 aliphatic carbocycles. The zero-order valence-corrected chi connectivity index (χ0v) is 16.6. The van der Waals surface area contributed by atoms with Gasteiger partial charge in [-0.2, -0.15) is 21.6 Å². The van der Waals surface area contributed by atoms with E-state index in [4.69, 9.17) is 10.5 Å². The highest BCUT2D eigenvalue weighted by Gasteiger charge is 2.36. The number of nitrogens with zero attached hydrogens (tertiary/aromatic N) is 1. The Labute approximate surface area is 173 Å². The second-order valence-corrected chi connectivity index (χ2v) is 7.89. The van der Waals surface area contributed by atoms with Crippen LogP contribution >= 0.6 is 0 Å². The smallest absolute Gasteiger partial charge is 0.417 e. The van der Waals surface area contributed by atoms with Crippen LogP contribution in [0.2, 0.25) is 0 Å². The SMILES string of the molecule is COc1ccccc1C(C(N)=O)n1c(=O)cc(C(F)(F)F)c2cc(S(=O)(=O)O)ccc21. The van der Waals surface area contributed by atoms with Crippen molar-refractivity contribution in [3.63, 3.8) is 0 Å². The summed E-state index contributed by atoms with van der Waals surface area (Å²) in [5.41, 5.74) is 2.56. The van der Waals surface area contributed by atoms with Crippen molar-refractivity contribution in [1.29, 1.82) is 0 Å². The van der Waals surface area contributed by atoms with Gasteiger partial charge in [-0.05, 0) is 24.3 Å². The van der Waals surface area contributed by atoms with Gasteiger partial charge in [0, 0.05) is 17.0 Å². The fourth-order valence-corrected chi connectivity index (χ4v) is 3.81. The molecule has 31 heavy (non-hydrogen) atoms. The zero-order chi connectivity index (χ0) is 23.1. The Bertz CT molecular complexity index is 1350. The predicted octanol–water partition coefficient (Wildman–Crippen LogP) is 2.35. The number of rotatable bonds is 5. The maximum Gasteiger partial charge on any atom is 0.417 e. The summed E-state index contributed by atoms with van der Waals surface area (Å²) in [6, 6.07) is 6.92. The molecule has 8 nitrogen and oxygen atoms in total. The minimum atomic E-state index is -5.03. The number of carbonyl (C=O) groups is 1. The van der Waals surface area contributed by atoms with E-state index in [9.17, 15) is 35.7 Å². The van der Waals surface area contributed by atoms with Crippen molar-refractivity contribution in [2.45, 2.75) is 17.1 Å². The molecule has 0 aliphatic rings. The third-order valence-corrected chi connectivity index (χ3v) is 5.44. The molecule has 0 saturated carbocycles. The number of carbonyl (C=O) groups excluding carboxylic acids is 1. The summed E-state index contributed by atoms with van der Waals surface area (Å²) in [5.74, 6) is -0.910. The number of amides is 1. The number of benzene rings is 2. The molecule has 0 radical (unpaired) electrons. The Balaban J connectivity index is 2.49. The number of para-hydroxylation sites is 1. The van der Waals surface area contributed by atoms with Crippen LogP contribution in [0.3, 0.4) is 0 Å². The number of fused-ring (bicyclic) bond motifs is 1. The first-order valence-electron chi connectivity index (χ1n) is 8.52. The van der Waals surface area contributed by atoms with Crippen LogP contribution in [0.1, 0.15) is 17.2 Å². The van der Waals surface area contributed by atoms with Crippen molar-refractivity contribution in [3.8, 4) is 5.75 Å². The van der Waals surface area contributed by atoms with Crippen LogP contribution in [0.25, 0.3) is 10.9 Å². The number of hydrogen-bond donors (Lipinski definition) is 2. The van der Waals surface area contributed by atoms with E-state index in [1.807, 2.05) is 0 Å². The molecule has 0 saturated heterocycles. The van der Waals surface area contributed by atoms with Crippen molar-refractivity contribution < 1.29 is 35.7 Å². The molecular formula is C19H15F3N2O6S. The Hall–Kier alpha value is -3.38. The summed E-state index contributed by atoms with van der Waals surface area (Å²) >= 11 is 0. The second kappa shape index (κ2) is 7.71. The van der Waals surface area contributed by atoms with Gasteiger partial charge in [-0.3, -0.25) is 18.7 Å². The van der Waals surface area contributed by atoms with E-state index < -0.39 is 55.2 Å². The Morgan fingerprint density at radius 3 is 2.35 bits per heavy atom. The van der Waals surface area contributed by atoms with Gasteiger partial charge in [-0.25, -0.2) is 0 Å². The molecule has 0 fully saturated rings. The summed E-state index contributed by atoms with van der Waals surface area (Å²) in [6.07, 6.45) is -5.03. The van der Waals surface area contributed by atoms with E-state index in [0.717, 1.165) is 16.7 Å². The fraction of sp³-hybridized carbons (Fsp3) is 0.158. The number of nitrogens with two attached hydrogens (primary N) is 1. The van der Waals surface area contributed by atoms with Crippen LogP contribution in [0, 0.1) is 0 Å². The van der Waals surface area contributed by atoms with Gasteiger partial charge in [0.2, 0.25) is 5.91 Å². The number of ether oxygens (including phenoxy) is 1. The average molecular weight is 456 g/mol. The largest absolute Gasteiger partial charge is 0.496 e. The summed E-state index contributed by atoms with van der Waals surface area (Å²) in [5, 5.41) is -0.719. The Kier molecular flexibility index (Phi) is 5.54. The molecule has 1 atom stereocenters. The van der Waals surface area contributed by atoms with E-state index in [2.05, 4.69) is 0 Å². The third-order valence-electron chi connectivity index (χ3n) is 4.59. The van der Waals surface area contributed by atoms with E-state index in [1.165, 1.54) is 25.3 Å². The number of pyridine rings is 1. The molecule has 1 aromatic heterocycles. The van der Waals surface area contributed by atoms with Crippen molar-refractivity contribution in [2.24, 2.45) is 5.73 Å². The molecular weight excluding hydrogens is 441 g/mol. The lowest BCUT2D eigenvalue weighted by Crippen LogP contribution is -2.35. The van der Waals surface area contributed by atoms with Gasteiger partial charge in [-0.15, -0.1) is 0 Å². The third kappa shape index (κ3) is 4.11. The van der Waals surface area contributed by atoms with Crippen molar-refractivity contribution >= 4 is 26.9 Å². The number of primary amides is 1. The van der Waals surface area contributed by atoms with Gasteiger partial charge in [0.05, 0.1) is 23.1 Å². The minimum absolute atomic E-state index is 0.111. The zero-order valence-electron chi connectivity index (χ0n) is 15.8. The van der Waals surface area contributed by atoms with Gasteiger partial charge in [0.25, 0.3) is 15.7 Å². The number of halogens is 3. The number of alkyl halides is 3. The van der Waals surface area contributed by atoms with Crippen LogP contribution < -0.4 is 16.0 Å². The van der Waals surface area contributed by atoms with Crippen LogP contribution in [0.15, 0.2) is 58.2 Å². The predicted molar refractivity (Wildman–Crippen MR) is 103 cm³/mol. The molecule has 1 amide bonds. The first-order chi connectivity index (χ1) is 14.4. The molecule has 3 N–H and O–H groups in total. The molecule has 2 aromatic carbocycles. The highest BCUT2D eigenvalue weighted by molar-refractivity contribution is 7.85. The monoisotopic (exact) mass is 456 g/mol. The summed E-state index contributed by atoms with van der Waals surface area (Å²) in [4.78, 5) is 24.3. The molecule has 3 aromatic rings. The van der Waals surface area contributed by atoms with Crippen molar-refractivity contribution in [1.82, 2.24) is 4.57 Å². The van der Waals surface area contributed by atoms with Crippen LogP contribution in [0.4, 0.5) is 13.2 Å². The maximum absolute atomic E-state index is 13.6. The first-order valence-corrected chi connectivity index (χ1v) is 9.96. The van der Waals surface area contributed by atoms with Crippen molar-refractivity contribution in [2.75, 3.05) is 7.11 Å². The Morgan fingerprint density at radius 1 is 1.16 bits per heavy atom. The lowest BCUT2D eigenvalue weighted by molar-refractivity contribution is -0.136. The maximum atomic E-state index is 13.6. The molecule has 1 unspecified atom stereocenters. The quantitative estimate of drug-likeness (QED) is 0.567. The normalized spacial score (nSPS) is 13.2. The second-order valence-electron chi connectivity index (χ2n) is 6.46. The minimum Gasteiger partial charge on any atom is -0.496 e. The Morgan fingerprint density at radius 2 is 1.81 bits per heavy atom. The molecule has 0 aliphatic heterocycles. The number of aromatic nitrogens is 1. The molecule has 0 spiro atoms. The van der Waals surface area contributed by atoms with Gasteiger partial charge in [-0.1, -0.05) is 18.2 Å². The van der Waals surface area contributed by atoms with E-state index in [1.54, 1.807) is 6.07 Å². The highest BCUT2D eigenvalue weighted by Crippen LogP contribution is 2.37. The summed E-state index contributed by atoms with van der Waals surface area (Å²) in [6.45, 7) is 0. The number of methoxy groups -OCH3 is 1. The number of hydrogen-bond acceptors (Lipinski definition) is 5. The van der Waals surface area contributed by atoms with E-state index in [0.29, 0.717) is 6.07 Å².